The van der Waals surface area contributed by atoms with Crippen LogP contribution in [0.1, 0.15) is 5.56 Å². The minimum absolute atomic E-state index is 0.0396. The Balaban J connectivity index is 1.97. The molecule has 1 aromatic carbocycles. The summed E-state index contributed by atoms with van der Waals surface area (Å²) in [6.07, 6.45) is -4.41. The Labute approximate surface area is 126 Å². The van der Waals surface area contributed by atoms with E-state index in [2.05, 4.69) is 17.8 Å². The fraction of sp³-hybridized carbons (Fsp3) is 0.462. The minimum Gasteiger partial charge on any atom is -0.335 e. The maximum atomic E-state index is 12.9. The molecule has 4 nitrogen and oxygen atoms in total. The average molecular weight is 319 g/mol. The standard InChI is InChI=1S/C13H17F3N4S/c1-19-6-8-20(9-7-19)18-12(21)17-11-5-3-2-4-10(11)13(14,15)16/h2-5H,6-9H2,1H3,(H2,17,18,21)/p+1. The second-order valence-corrected chi connectivity index (χ2v) is 5.46. The number of likely N-dealkylation sites (N-methyl/N-ethyl adjacent to an activating group) is 1. The van der Waals surface area contributed by atoms with Gasteiger partial charge >= 0.3 is 6.18 Å². The summed E-state index contributed by atoms with van der Waals surface area (Å²) in [7, 11) is 2.10. The van der Waals surface area contributed by atoms with Gasteiger partial charge in [-0.25, -0.2) is 5.01 Å². The number of hydrogen-bond acceptors (Lipinski definition) is 2. The van der Waals surface area contributed by atoms with Crippen LogP contribution in [0.4, 0.5) is 18.9 Å². The van der Waals surface area contributed by atoms with Crippen LogP contribution in [0.15, 0.2) is 24.3 Å². The first-order valence-electron chi connectivity index (χ1n) is 6.66. The molecule has 0 unspecified atom stereocenters. The Hall–Kier alpha value is -1.38. The normalized spacial score (nSPS) is 17.5. The van der Waals surface area contributed by atoms with Gasteiger partial charge in [-0.3, -0.25) is 5.43 Å². The van der Waals surface area contributed by atoms with Crippen LogP contribution in [-0.2, 0) is 6.18 Å². The number of rotatable bonds is 2. The highest BCUT2D eigenvalue weighted by molar-refractivity contribution is 7.80. The van der Waals surface area contributed by atoms with E-state index in [1.165, 1.54) is 17.0 Å². The fourth-order valence-electron chi connectivity index (χ4n) is 2.13. The Kier molecular flexibility index (Phi) is 5.02. The molecule has 0 aromatic heterocycles. The molecule has 0 saturated carbocycles. The van der Waals surface area contributed by atoms with E-state index in [1.807, 2.05) is 5.01 Å². The molecule has 1 aromatic rings. The van der Waals surface area contributed by atoms with E-state index in [-0.39, 0.29) is 10.8 Å². The SMILES string of the molecule is C[NH+]1CCN(NC(=S)Nc2ccccc2C(F)(F)F)CC1. The van der Waals surface area contributed by atoms with Crippen molar-refractivity contribution in [2.45, 2.75) is 6.18 Å². The van der Waals surface area contributed by atoms with Crippen molar-refractivity contribution in [2.24, 2.45) is 0 Å². The lowest BCUT2D eigenvalue weighted by Gasteiger charge is -2.31. The van der Waals surface area contributed by atoms with Crippen LogP contribution in [0.3, 0.4) is 0 Å². The second kappa shape index (κ2) is 6.59. The van der Waals surface area contributed by atoms with Gasteiger partial charge in [0.05, 0.1) is 44.5 Å². The van der Waals surface area contributed by atoms with Crippen LogP contribution >= 0.6 is 12.2 Å². The van der Waals surface area contributed by atoms with Gasteiger partial charge in [0, 0.05) is 0 Å². The van der Waals surface area contributed by atoms with Crippen LogP contribution in [0.2, 0.25) is 0 Å². The number of piperazine rings is 1. The quantitative estimate of drug-likeness (QED) is 0.702. The van der Waals surface area contributed by atoms with Gasteiger partial charge in [-0.2, -0.15) is 13.2 Å². The number of hydrogen-bond donors (Lipinski definition) is 3. The van der Waals surface area contributed by atoms with Crippen molar-refractivity contribution >= 4 is 23.0 Å². The number of nitrogens with one attached hydrogen (secondary N) is 3. The van der Waals surface area contributed by atoms with Crippen LogP contribution in [0.25, 0.3) is 0 Å². The second-order valence-electron chi connectivity index (χ2n) is 5.05. The number of anilines is 1. The van der Waals surface area contributed by atoms with Crippen molar-refractivity contribution < 1.29 is 18.1 Å². The first-order chi connectivity index (χ1) is 9.86. The minimum atomic E-state index is -4.41. The summed E-state index contributed by atoms with van der Waals surface area (Å²) in [5, 5.41) is 4.72. The van der Waals surface area contributed by atoms with Gasteiger partial charge in [-0.1, -0.05) is 12.1 Å². The van der Waals surface area contributed by atoms with Crippen LogP contribution in [0.5, 0.6) is 0 Å². The predicted octanol–water partition coefficient (Wildman–Crippen LogP) is 0.737. The molecule has 0 spiro atoms. The fourth-order valence-corrected chi connectivity index (χ4v) is 2.37. The van der Waals surface area contributed by atoms with Gasteiger partial charge in [0.25, 0.3) is 0 Å². The van der Waals surface area contributed by atoms with Crippen molar-refractivity contribution in [1.29, 1.82) is 0 Å². The van der Waals surface area contributed by atoms with E-state index in [4.69, 9.17) is 12.2 Å². The van der Waals surface area contributed by atoms with E-state index in [1.54, 1.807) is 6.07 Å². The largest absolute Gasteiger partial charge is 0.418 e. The van der Waals surface area contributed by atoms with Crippen molar-refractivity contribution in [2.75, 3.05) is 38.5 Å². The monoisotopic (exact) mass is 319 g/mol. The lowest BCUT2D eigenvalue weighted by molar-refractivity contribution is -0.884. The number of para-hydroxylation sites is 1. The third kappa shape index (κ3) is 4.55. The molecule has 1 fully saturated rings. The van der Waals surface area contributed by atoms with E-state index >= 15 is 0 Å². The molecule has 1 saturated heterocycles. The topological polar surface area (TPSA) is 31.7 Å². The van der Waals surface area contributed by atoms with Gasteiger partial charge in [-0.15, -0.1) is 0 Å². The number of benzene rings is 1. The first kappa shape index (κ1) is 16.0. The predicted molar refractivity (Wildman–Crippen MR) is 79.0 cm³/mol. The Bertz CT molecular complexity index is 498. The third-order valence-electron chi connectivity index (χ3n) is 3.36. The molecule has 0 atom stereocenters. The van der Waals surface area contributed by atoms with E-state index < -0.39 is 11.7 Å². The highest BCUT2D eigenvalue weighted by Gasteiger charge is 2.33. The molecule has 116 valence electrons. The highest BCUT2D eigenvalue weighted by Crippen LogP contribution is 2.34. The number of alkyl halides is 3. The Morgan fingerprint density at radius 1 is 1.24 bits per heavy atom. The lowest BCUT2D eigenvalue weighted by atomic mass is 10.2. The molecular weight excluding hydrogens is 301 g/mol. The summed E-state index contributed by atoms with van der Waals surface area (Å²) in [6.45, 7) is 3.53. The number of halogens is 3. The molecule has 0 amide bonds. The number of nitrogens with zero attached hydrogens (tertiary/aromatic N) is 1. The molecule has 3 N–H and O–H groups in total. The van der Waals surface area contributed by atoms with E-state index in [9.17, 15) is 13.2 Å². The van der Waals surface area contributed by atoms with E-state index in [0.29, 0.717) is 0 Å². The van der Waals surface area contributed by atoms with Crippen molar-refractivity contribution in [3.63, 3.8) is 0 Å². The van der Waals surface area contributed by atoms with Crippen molar-refractivity contribution in [3.8, 4) is 0 Å². The zero-order valence-corrected chi connectivity index (χ0v) is 12.4. The van der Waals surface area contributed by atoms with Crippen LogP contribution in [0, 0.1) is 0 Å². The molecule has 0 radical (unpaired) electrons. The van der Waals surface area contributed by atoms with Gasteiger partial charge in [0.1, 0.15) is 0 Å². The maximum Gasteiger partial charge on any atom is 0.418 e. The molecule has 8 heteroatoms. The summed E-state index contributed by atoms with van der Waals surface area (Å²) < 4.78 is 38.7. The van der Waals surface area contributed by atoms with Gasteiger partial charge in [0.2, 0.25) is 0 Å². The number of hydrazine groups is 1. The van der Waals surface area contributed by atoms with Gasteiger partial charge < -0.3 is 10.2 Å². The number of thiocarbonyl (C=S) groups is 1. The van der Waals surface area contributed by atoms with Crippen LogP contribution in [-0.4, -0.2) is 43.3 Å². The molecule has 2 rings (SSSR count). The van der Waals surface area contributed by atoms with Crippen LogP contribution < -0.4 is 15.6 Å². The molecule has 1 aliphatic rings. The lowest BCUT2D eigenvalue weighted by Crippen LogP contribution is -3.12. The number of quaternary nitrogens is 1. The third-order valence-corrected chi connectivity index (χ3v) is 3.55. The van der Waals surface area contributed by atoms with Gasteiger partial charge in [0.15, 0.2) is 5.11 Å². The summed E-state index contributed by atoms with van der Waals surface area (Å²) in [5.74, 6) is 0. The average Bonchev–Trinajstić information content (AvgIpc) is 2.41. The van der Waals surface area contributed by atoms with E-state index in [0.717, 1.165) is 32.2 Å². The zero-order valence-electron chi connectivity index (χ0n) is 11.6. The first-order valence-corrected chi connectivity index (χ1v) is 7.07. The molecule has 21 heavy (non-hydrogen) atoms. The summed E-state index contributed by atoms with van der Waals surface area (Å²) in [6, 6.07) is 5.29. The summed E-state index contributed by atoms with van der Waals surface area (Å²) in [5.41, 5.74) is 2.17. The smallest absolute Gasteiger partial charge is 0.335 e. The van der Waals surface area contributed by atoms with Crippen molar-refractivity contribution in [1.82, 2.24) is 10.4 Å². The zero-order chi connectivity index (χ0) is 15.5. The summed E-state index contributed by atoms with van der Waals surface area (Å²) in [4.78, 5) is 1.43. The molecule has 0 aliphatic carbocycles. The molecule has 1 heterocycles. The maximum absolute atomic E-state index is 12.9. The van der Waals surface area contributed by atoms with Gasteiger partial charge in [-0.05, 0) is 24.4 Å². The Morgan fingerprint density at radius 2 is 1.86 bits per heavy atom. The van der Waals surface area contributed by atoms with Crippen molar-refractivity contribution in [3.05, 3.63) is 29.8 Å². The molecular formula is C13H18F3N4S+. The highest BCUT2D eigenvalue weighted by atomic mass is 32.1. The Morgan fingerprint density at radius 3 is 2.48 bits per heavy atom. The molecule has 0 bridgehead atoms. The molecule has 1 aliphatic heterocycles. The summed E-state index contributed by atoms with van der Waals surface area (Å²) >= 11 is 5.09.